The Morgan fingerprint density at radius 1 is 0.875 bits per heavy atom. The Labute approximate surface area is 143 Å². The van der Waals surface area contributed by atoms with Gasteiger partial charge < -0.3 is 14.2 Å². The molecule has 0 spiro atoms. The predicted molar refractivity (Wildman–Crippen MR) is 93.8 cm³/mol. The van der Waals surface area contributed by atoms with Crippen molar-refractivity contribution < 1.29 is 19.0 Å². The standard InChI is InChI=1S/C20H24O4/c1-3-5-16-6-10-19(11-7-16)24-20(21)17-8-12-18(13-9-17)23-15-14-22-4-2/h6-13H,3-5,14-15H2,1-2H3. The second-order valence-corrected chi connectivity index (χ2v) is 5.35. The van der Waals surface area contributed by atoms with Crippen molar-refractivity contribution in [3.63, 3.8) is 0 Å². The van der Waals surface area contributed by atoms with Gasteiger partial charge in [-0.05, 0) is 55.3 Å². The van der Waals surface area contributed by atoms with E-state index in [4.69, 9.17) is 14.2 Å². The summed E-state index contributed by atoms with van der Waals surface area (Å²) < 4.78 is 16.1. The minimum atomic E-state index is -0.376. The van der Waals surface area contributed by atoms with Crippen LogP contribution in [0, 0.1) is 0 Å². The van der Waals surface area contributed by atoms with Gasteiger partial charge in [0.2, 0.25) is 0 Å². The lowest BCUT2D eigenvalue weighted by atomic mass is 10.1. The van der Waals surface area contributed by atoms with Gasteiger partial charge in [-0.3, -0.25) is 0 Å². The molecular formula is C20H24O4. The zero-order valence-corrected chi connectivity index (χ0v) is 14.3. The van der Waals surface area contributed by atoms with Crippen LogP contribution in [0.5, 0.6) is 11.5 Å². The average Bonchev–Trinajstić information content (AvgIpc) is 2.61. The Morgan fingerprint density at radius 3 is 2.17 bits per heavy atom. The molecule has 0 heterocycles. The largest absolute Gasteiger partial charge is 0.491 e. The molecule has 0 bridgehead atoms. The second-order valence-electron chi connectivity index (χ2n) is 5.35. The van der Waals surface area contributed by atoms with Crippen molar-refractivity contribution in [1.82, 2.24) is 0 Å². The van der Waals surface area contributed by atoms with Gasteiger partial charge in [-0.25, -0.2) is 4.79 Å². The molecule has 0 atom stereocenters. The normalized spacial score (nSPS) is 10.4. The summed E-state index contributed by atoms with van der Waals surface area (Å²) in [4.78, 5) is 12.2. The molecule has 2 aromatic rings. The first-order valence-electron chi connectivity index (χ1n) is 8.34. The van der Waals surface area contributed by atoms with Crippen molar-refractivity contribution >= 4 is 5.97 Å². The van der Waals surface area contributed by atoms with Crippen LogP contribution in [0.2, 0.25) is 0 Å². The molecule has 0 radical (unpaired) electrons. The SMILES string of the molecule is CCCc1ccc(OC(=O)c2ccc(OCCOCC)cc2)cc1. The van der Waals surface area contributed by atoms with Crippen molar-refractivity contribution in [2.24, 2.45) is 0 Å². The van der Waals surface area contributed by atoms with Gasteiger partial charge in [0.1, 0.15) is 18.1 Å². The van der Waals surface area contributed by atoms with Gasteiger partial charge >= 0.3 is 5.97 Å². The Kier molecular flexibility index (Phi) is 7.30. The van der Waals surface area contributed by atoms with Gasteiger partial charge in [0.15, 0.2) is 0 Å². The fourth-order valence-electron chi connectivity index (χ4n) is 2.23. The fourth-order valence-corrected chi connectivity index (χ4v) is 2.23. The molecule has 4 nitrogen and oxygen atoms in total. The smallest absolute Gasteiger partial charge is 0.343 e. The first-order valence-corrected chi connectivity index (χ1v) is 8.34. The number of benzene rings is 2. The molecule has 24 heavy (non-hydrogen) atoms. The minimum Gasteiger partial charge on any atom is -0.491 e. The van der Waals surface area contributed by atoms with Crippen LogP contribution < -0.4 is 9.47 Å². The predicted octanol–water partition coefficient (Wildman–Crippen LogP) is 4.27. The highest BCUT2D eigenvalue weighted by Gasteiger charge is 2.09. The quantitative estimate of drug-likeness (QED) is 0.392. The molecule has 2 rings (SSSR count). The maximum Gasteiger partial charge on any atom is 0.343 e. The molecule has 0 N–H and O–H groups in total. The number of esters is 1. The Bertz CT molecular complexity index is 617. The molecule has 0 fully saturated rings. The summed E-state index contributed by atoms with van der Waals surface area (Å²) >= 11 is 0. The molecule has 0 unspecified atom stereocenters. The number of ether oxygens (including phenoxy) is 3. The van der Waals surface area contributed by atoms with Crippen molar-refractivity contribution in [2.75, 3.05) is 19.8 Å². The van der Waals surface area contributed by atoms with Crippen LogP contribution in [0.15, 0.2) is 48.5 Å². The van der Waals surface area contributed by atoms with E-state index in [0.717, 1.165) is 12.8 Å². The Morgan fingerprint density at radius 2 is 1.54 bits per heavy atom. The van der Waals surface area contributed by atoms with Gasteiger partial charge in [0, 0.05) is 6.61 Å². The van der Waals surface area contributed by atoms with Gasteiger partial charge in [0.25, 0.3) is 0 Å². The zero-order valence-electron chi connectivity index (χ0n) is 14.3. The molecule has 128 valence electrons. The lowest BCUT2D eigenvalue weighted by molar-refractivity contribution is 0.0734. The third-order valence-electron chi connectivity index (χ3n) is 3.46. The Hall–Kier alpha value is -2.33. The maximum absolute atomic E-state index is 12.2. The van der Waals surface area contributed by atoms with Crippen LogP contribution in [0.1, 0.15) is 36.2 Å². The van der Waals surface area contributed by atoms with Crippen LogP contribution in [-0.4, -0.2) is 25.8 Å². The fraction of sp³-hybridized carbons (Fsp3) is 0.350. The van der Waals surface area contributed by atoms with E-state index < -0.39 is 0 Å². The number of aryl methyl sites for hydroxylation is 1. The summed E-state index contributed by atoms with van der Waals surface area (Å²) in [7, 11) is 0. The second kappa shape index (κ2) is 9.73. The van der Waals surface area contributed by atoms with Crippen molar-refractivity contribution in [3.05, 3.63) is 59.7 Å². The highest BCUT2D eigenvalue weighted by molar-refractivity contribution is 5.91. The molecule has 0 aromatic heterocycles. The number of hydrogen-bond donors (Lipinski definition) is 0. The summed E-state index contributed by atoms with van der Waals surface area (Å²) in [5.41, 5.74) is 1.73. The van der Waals surface area contributed by atoms with Gasteiger partial charge in [0.05, 0.1) is 12.2 Å². The van der Waals surface area contributed by atoms with Crippen LogP contribution in [-0.2, 0) is 11.2 Å². The number of carbonyl (C=O) groups is 1. The average molecular weight is 328 g/mol. The molecule has 0 saturated carbocycles. The van der Waals surface area contributed by atoms with Crippen LogP contribution in [0.4, 0.5) is 0 Å². The first kappa shape index (κ1) is 18.0. The molecule has 0 aliphatic rings. The molecule has 0 aliphatic heterocycles. The topological polar surface area (TPSA) is 44.8 Å². The van der Waals surface area contributed by atoms with E-state index in [2.05, 4.69) is 6.92 Å². The van der Waals surface area contributed by atoms with Crippen molar-refractivity contribution in [1.29, 1.82) is 0 Å². The van der Waals surface area contributed by atoms with Gasteiger partial charge in [-0.1, -0.05) is 25.5 Å². The summed E-state index contributed by atoms with van der Waals surface area (Å²) in [6.07, 6.45) is 2.12. The molecular weight excluding hydrogens is 304 g/mol. The van der Waals surface area contributed by atoms with Crippen LogP contribution in [0.3, 0.4) is 0 Å². The van der Waals surface area contributed by atoms with E-state index in [-0.39, 0.29) is 5.97 Å². The van der Waals surface area contributed by atoms with E-state index in [9.17, 15) is 4.79 Å². The summed E-state index contributed by atoms with van der Waals surface area (Å²) in [6.45, 7) is 5.79. The number of hydrogen-bond acceptors (Lipinski definition) is 4. The number of rotatable bonds is 9. The maximum atomic E-state index is 12.2. The van der Waals surface area contributed by atoms with E-state index in [0.29, 0.717) is 36.9 Å². The summed E-state index contributed by atoms with van der Waals surface area (Å²) in [5, 5.41) is 0. The molecule has 4 heteroatoms. The molecule has 0 saturated heterocycles. The van der Waals surface area contributed by atoms with E-state index in [1.165, 1.54) is 5.56 Å². The van der Waals surface area contributed by atoms with E-state index >= 15 is 0 Å². The first-order chi connectivity index (χ1) is 11.7. The molecule has 0 amide bonds. The lowest BCUT2D eigenvalue weighted by Gasteiger charge is -2.08. The van der Waals surface area contributed by atoms with Crippen molar-refractivity contribution in [3.8, 4) is 11.5 Å². The molecule has 2 aromatic carbocycles. The molecule has 0 aliphatic carbocycles. The third-order valence-corrected chi connectivity index (χ3v) is 3.46. The third kappa shape index (κ3) is 5.70. The van der Waals surface area contributed by atoms with Gasteiger partial charge in [-0.15, -0.1) is 0 Å². The minimum absolute atomic E-state index is 0.376. The Balaban J connectivity index is 1.87. The zero-order chi connectivity index (χ0) is 17.2. The number of carbonyl (C=O) groups excluding carboxylic acids is 1. The summed E-state index contributed by atoms with van der Waals surface area (Å²) in [5.74, 6) is 0.881. The highest BCUT2D eigenvalue weighted by atomic mass is 16.5. The van der Waals surface area contributed by atoms with Crippen molar-refractivity contribution in [2.45, 2.75) is 26.7 Å². The van der Waals surface area contributed by atoms with E-state index in [1.807, 2.05) is 31.2 Å². The highest BCUT2D eigenvalue weighted by Crippen LogP contribution is 2.17. The lowest BCUT2D eigenvalue weighted by Crippen LogP contribution is -2.09. The van der Waals surface area contributed by atoms with Crippen LogP contribution >= 0.6 is 0 Å². The van der Waals surface area contributed by atoms with Gasteiger partial charge in [-0.2, -0.15) is 0 Å². The van der Waals surface area contributed by atoms with E-state index in [1.54, 1.807) is 24.3 Å². The summed E-state index contributed by atoms with van der Waals surface area (Å²) in [6, 6.07) is 14.5. The van der Waals surface area contributed by atoms with Crippen LogP contribution in [0.25, 0.3) is 0 Å². The monoisotopic (exact) mass is 328 g/mol.